The Balaban J connectivity index is 1.74. The van der Waals surface area contributed by atoms with Crippen LogP contribution < -0.4 is 4.74 Å². The Kier molecular flexibility index (Phi) is 4.34. The number of hydrogen-bond donors (Lipinski definition) is 0. The molecule has 22 heavy (non-hydrogen) atoms. The largest absolute Gasteiger partial charge is 0.494 e. The lowest BCUT2D eigenvalue weighted by Crippen LogP contribution is -2.43. The fourth-order valence-electron chi connectivity index (χ4n) is 3.67. The average Bonchev–Trinajstić information content (AvgIpc) is 2.81. The first kappa shape index (κ1) is 15.3. The zero-order valence-corrected chi connectivity index (χ0v) is 13.2. The molecule has 0 aliphatic carbocycles. The van der Waals surface area contributed by atoms with E-state index >= 15 is 0 Å². The van der Waals surface area contributed by atoms with Crippen molar-refractivity contribution in [1.29, 1.82) is 0 Å². The minimum absolute atomic E-state index is 0.169. The Bertz CT molecular complexity index is 564. The van der Waals surface area contributed by atoms with E-state index in [1.807, 2.05) is 11.0 Å². The van der Waals surface area contributed by atoms with Gasteiger partial charge in [0, 0.05) is 39.1 Å². The summed E-state index contributed by atoms with van der Waals surface area (Å²) >= 11 is 0. The maximum Gasteiger partial charge on any atom is 0.219 e. The minimum Gasteiger partial charge on any atom is -0.494 e. The Labute approximate surface area is 130 Å². The smallest absolute Gasteiger partial charge is 0.219 e. The lowest BCUT2D eigenvalue weighted by atomic mass is 9.94. The summed E-state index contributed by atoms with van der Waals surface area (Å²) in [6.07, 6.45) is 2.32. The molecule has 3 aliphatic rings. The van der Waals surface area contributed by atoms with Crippen molar-refractivity contribution in [3.05, 3.63) is 29.6 Å². The number of halogens is 1. The highest BCUT2D eigenvalue weighted by molar-refractivity contribution is 5.73. The quantitative estimate of drug-likeness (QED) is 0.859. The van der Waals surface area contributed by atoms with Crippen LogP contribution in [0.15, 0.2) is 18.2 Å². The molecule has 3 fully saturated rings. The second-order valence-corrected chi connectivity index (χ2v) is 6.42. The molecule has 0 unspecified atom stereocenters. The van der Waals surface area contributed by atoms with Gasteiger partial charge in [0.25, 0.3) is 0 Å². The number of carbonyl (C=O) groups is 1. The Morgan fingerprint density at radius 1 is 1.32 bits per heavy atom. The molecule has 0 radical (unpaired) electrons. The van der Waals surface area contributed by atoms with E-state index in [4.69, 9.17) is 4.74 Å². The van der Waals surface area contributed by atoms with Gasteiger partial charge in [-0.3, -0.25) is 9.69 Å². The van der Waals surface area contributed by atoms with Crippen LogP contribution in [0.3, 0.4) is 0 Å². The second-order valence-electron chi connectivity index (χ2n) is 6.42. The predicted molar refractivity (Wildman–Crippen MR) is 82.1 cm³/mol. The summed E-state index contributed by atoms with van der Waals surface area (Å²) in [5.74, 6) is 0.682. The molecule has 0 aromatic heterocycles. The van der Waals surface area contributed by atoms with Gasteiger partial charge in [0.15, 0.2) is 11.6 Å². The molecular formula is C17H23FN2O2. The summed E-state index contributed by atoms with van der Waals surface area (Å²) in [6, 6.07) is 5.46. The maximum atomic E-state index is 13.5. The lowest BCUT2D eigenvalue weighted by molar-refractivity contribution is -0.129. The first-order chi connectivity index (χ1) is 10.6. The van der Waals surface area contributed by atoms with E-state index in [9.17, 15) is 9.18 Å². The van der Waals surface area contributed by atoms with Crippen LogP contribution in [-0.2, 0) is 11.3 Å². The summed E-state index contributed by atoms with van der Waals surface area (Å²) < 4.78 is 18.6. The van der Waals surface area contributed by atoms with Crippen LogP contribution in [0.4, 0.5) is 4.39 Å². The number of ether oxygens (including phenoxy) is 1. The standard InChI is InChI=1S/C17H23FN2O2/c1-12(21)19-9-14-3-5-15(11-19)20(10-14)8-13-4-6-16(18)17(7-13)22-2/h4,6-7,14-15H,3,5,8-11H2,1-2H3/t14-,15+/m0/s1. The first-order valence-electron chi connectivity index (χ1n) is 7.89. The average molecular weight is 306 g/mol. The Morgan fingerprint density at radius 2 is 2.14 bits per heavy atom. The molecule has 1 amide bonds. The van der Waals surface area contributed by atoms with Gasteiger partial charge in [-0.2, -0.15) is 0 Å². The van der Waals surface area contributed by atoms with Gasteiger partial charge in [-0.05, 0) is 36.5 Å². The molecule has 2 atom stereocenters. The zero-order valence-electron chi connectivity index (χ0n) is 13.2. The molecule has 0 N–H and O–H groups in total. The number of rotatable bonds is 3. The highest BCUT2D eigenvalue weighted by Crippen LogP contribution is 2.30. The normalized spacial score (nSPS) is 25.1. The summed E-state index contributed by atoms with van der Waals surface area (Å²) in [4.78, 5) is 16.1. The van der Waals surface area contributed by atoms with E-state index in [1.165, 1.54) is 19.6 Å². The summed E-state index contributed by atoms with van der Waals surface area (Å²) in [5, 5.41) is 0. The predicted octanol–water partition coefficient (Wildman–Crippen LogP) is 2.28. The number of methoxy groups -OCH3 is 1. The summed E-state index contributed by atoms with van der Waals surface area (Å²) in [6.45, 7) is 5.12. The number of amides is 1. The molecule has 0 spiro atoms. The molecule has 5 heteroatoms. The molecule has 4 nitrogen and oxygen atoms in total. The van der Waals surface area contributed by atoms with Crippen molar-refractivity contribution >= 4 is 5.91 Å². The van der Waals surface area contributed by atoms with Gasteiger partial charge in [0.05, 0.1) is 7.11 Å². The van der Waals surface area contributed by atoms with Crippen LogP contribution in [0, 0.1) is 11.7 Å². The molecule has 1 aromatic rings. The van der Waals surface area contributed by atoms with Gasteiger partial charge in [0.2, 0.25) is 5.91 Å². The third-order valence-corrected chi connectivity index (χ3v) is 4.87. The highest BCUT2D eigenvalue weighted by Gasteiger charge is 2.35. The van der Waals surface area contributed by atoms with E-state index in [2.05, 4.69) is 4.90 Å². The Hall–Kier alpha value is -1.62. The molecule has 120 valence electrons. The van der Waals surface area contributed by atoms with E-state index in [0.29, 0.717) is 17.7 Å². The fourth-order valence-corrected chi connectivity index (χ4v) is 3.67. The molecule has 4 rings (SSSR count). The van der Waals surface area contributed by atoms with Gasteiger partial charge in [-0.25, -0.2) is 4.39 Å². The summed E-state index contributed by atoms with van der Waals surface area (Å²) in [5.41, 5.74) is 1.06. The van der Waals surface area contributed by atoms with Crippen LogP contribution in [-0.4, -0.2) is 48.5 Å². The molecule has 0 saturated carbocycles. The molecule has 3 aliphatic heterocycles. The van der Waals surface area contributed by atoms with Crippen molar-refractivity contribution in [2.45, 2.75) is 32.4 Å². The minimum atomic E-state index is -0.327. The molecular weight excluding hydrogens is 283 g/mol. The fraction of sp³-hybridized carbons (Fsp3) is 0.588. The molecule has 2 bridgehead atoms. The second kappa shape index (κ2) is 6.24. The maximum absolute atomic E-state index is 13.5. The van der Waals surface area contributed by atoms with Gasteiger partial charge >= 0.3 is 0 Å². The van der Waals surface area contributed by atoms with Gasteiger partial charge < -0.3 is 9.64 Å². The SMILES string of the molecule is COc1cc(CN2C[C@H]3CC[C@@H]2CN(C(C)=O)C3)ccc1F. The van der Waals surface area contributed by atoms with Gasteiger partial charge in [-0.1, -0.05) is 6.07 Å². The van der Waals surface area contributed by atoms with Gasteiger partial charge in [0.1, 0.15) is 0 Å². The van der Waals surface area contributed by atoms with Crippen LogP contribution in [0.5, 0.6) is 5.75 Å². The Morgan fingerprint density at radius 3 is 2.86 bits per heavy atom. The number of fused-ring (bicyclic) bond motifs is 4. The van der Waals surface area contributed by atoms with E-state index in [-0.39, 0.29) is 11.7 Å². The van der Waals surface area contributed by atoms with Crippen LogP contribution in [0.2, 0.25) is 0 Å². The number of benzene rings is 1. The highest BCUT2D eigenvalue weighted by atomic mass is 19.1. The van der Waals surface area contributed by atoms with Crippen molar-refractivity contribution in [1.82, 2.24) is 9.80 Å². The molecule has 3 heterocycles. The van der Waals surface area contributed by atoms with Crippen LogP contribution in [0.1, 0.15) is 25.3 Å². The van der Waals surface area contributed by atoms with Crippen molar-refractivity contribution in [3.8, 4) is 5.75 Å². The van der Waals surface area contributed by atoms with Crippen molar-refractivity contribution in [2.24, 2.45) is 5.92 Å². The first-order valence-corrected chi connectivity index (χ1v) is 7.89. The monoisotopic (exact) mass is 306 g/mol. The van der Waals surface area contributed by atoms with E-state index in [1.54, 1.807) is 13.0 Å². The molecule has 1 aromatic carbocycles. The number of piperidine rings is 1. The van der Waals surface area contributed by atoms with Crippen molar-refractivity contribution in [2.75, 3.05) is 26.7 Å². The summed E-state index contributed by atoms with van der Waals surface area (Å²) in [7, 11) is 1.49. The topological polar surface area (TPSA) is 32.8 Å². The van der Waals surface area contributed by atoms with E-state index < -0.39 is 0 Å². The van der Waals surface area contributed by atoms with Crippen molar-refractivity contribution < 1.29 is 13.9 Å². The third-order valence-electron chi connectivity index (χ3n) is 4.87. The molecule has 3 saturated heterocycles. The number of hydrogen-bond acceptors (Lipinski definition) is 3. The lowest BCUT2D eigenvalue weighted by Gasteiger charge is -2.36. The van der Waals surface area contributed by atoms with Crippen LogP contribution in [0.25, 0.3) is 0 Å². The number of carbonyl (C=O) groups excluding carboxylic acids is 1. The zero-order chi connectivity index (χ0) is 15.7. The van der Waals surface area contributed by atoms with Crippen molar-refractivity contribution in [3.63, 3.8) is 0 Å². The number of nitrogens with zero attached hydrogens (tertiary/aromatic N) is 2. The van der Waals surface area contributed by atoms with Crippen LogP contribution >= 0.6 is 0 Å². The van der Waals surface area contributed by atoms with Gasteiger partial charge in [-0.15, -0.1) is 0 Å². The third kappa shape index (κ3) is 3.09. The van der Waals surface area contributed by atoms with E-state index in [0.717, 1.165) is 38.2 Å².